The van der Waals surface area contributed by atoms with E-state index in [0.29, 0.717) is 17.9 Å². The zero-order chi connectivity index (χ0) is 11.0. The van der Waals surface area contributed by atoms with E-state index in [4.69, 9.17) is 11.5 Å². The van der Waals surface area contributed by atoms with Crippen LogP contribution in [0.1, 0.15) is 11.1 Å². The molecule has 0 amide bonds. The molecule has 0 aliphatic carbocycles. The molecule has 0 unspecified atom stereocenters. The van der Waals surface area contributed by atoms with Crippen molar-refractivity contribution < 1.29 is 4.39 Å². The van der Waals surface area contributed by atoms with Crippen molar-refractivity contribution in [1.82, 2.24) is 4.98 Å². The third kappa shape index (κ3) is 1.53. The number of aromatic nitrogens is 1. The molecule has 0 fully saturated rings. The van der Waals surface area contributed by atoms with Gasteiger partial charge >= 0.3 is 0 Å². The minimum Gasteiger partial charge on any atom is -0.383 e. The molecular weight excluding hydrogens is 193 g/mol. The highest BCUT2D eigenvalue weighted by atomic mass is 19.1. The smallest absolute Gasteiger partial charge is 0.128 e. The van der Waals surface area contributed by atoms with E-state index in [1.807, 2.05) is 6.92 Å². The lowest BCUT2D eigenvalue weighted by molar-refractivity contribution is 0.629. The first kappa shape index (κ1) is 9.86. The number of anilines is 1. The number of pyridine rings is 1. The molecule has 78 valence electrons. The zero-order valence-electron chi connectivity index (χ0n) is 8.42. The maximum atomic E-state index is 13.0. The van der Waals surface area contributed by atoms with Crippen LogP contribution in [0.4, 0.5) is 10.2 Å². The number of rotatable bonds is 1. The van der Waals surface area contributed by atoms with Crippen molar-refractivity contribution in [2.24, 2.45) is 5.73 Å². The number of benzene rings is 1. The van der Waals surface area contributed by atoms with Crippen LogP contribution in [0, 0.1) is 12.7 Å². The van der Waals surface area contributed by atoms with Gasteiger partial charge in [-0.2, -0.15) is 0 Å². The summed E-state index contributed by atoms with van der Waals surface area (Å²) >= 11 is 0. The fourth-order valence-electron chi connectivity index (χ4n) is 1.72. The van der Waals surface area contributed by atoms with Gasteiger partial charge < -0.3 is 11.5 Å². The number of nitrogens with zero attached hydrogens (tertiary/aromatic N) is 1. The van der Waals surface area contributed by atoms with E-state index in [1.165, 1.54) is 12.1 Å². The van der Waals surface area contributed by atoms with Crippen LogP contribution >= 0.6 is 0 Å². The maximum Gasteiger partial charge on any atom is 0.128 e. The Morgan fingerprint density at radius 1 is 1.40 bits per heavy atom. The van der Waals surface area contributed by atoms with E-state index in [2.05, 4.69) is 4.98 Å². The van der Waals surface area contributed by atoms with Crippen LogP contribution in [-0.2, 0) is 6.54 Å². The predicted molar refractivity (Wildman–Crippen MR) is 58.7 cm³/mol. The largest absolute Gasteiger partial charge is 0.383 e. The molecule has 0 spiro atoms. The number of fused-ring (bicyclic) bond motifs is 1. The van der Waals surface area contributed by atoms with Crippen molar-refractivity contribution in [2.45, 2.75) is 13.5 Å². The van der Waals surface area contributed by atoms with E-state index in [0.717, 1.165) is 16.5 Å². The molecule has 15 heavy (non-hydrogen) atoms. The lowest BCUT2D eigenvalue weighted by atomic mass is 10.0. The quantitative estimate of drug-likeness (QED) is 0.745. The fourth-order valence-corrected chi connectivity index (χ4v) is 1.72. The Labute approximate surface area is 86.9 Å². The predicted octanol–water partition coefficient (Wildman–Crippen LogP) is 1.72. The van der Waals surface area contributed by atoms with Crippen LogP contribution in [0.25, 0.3) is 10.9 Å². The summed E-state index contributed by atoms with van der Waals surface area (Å²) in [6.07, 6.45) is 0. The van der Waals surface area contributed by atoms with Gasteiger partial charge in [-0.15, -0.1) is 0 Å². The Bertz CT molecular complexity index is 523. The third-order valence-electron chi connectivity index (χ3n) is 2.57. The van der Waals surface area contributed by atoms with Gasteiger partial charge in [0.05, 0.1) is 5.52 Å². The standard InChI is InChI=1S/C11H12FN3/c1-6-8-3-2-7(12)4-10(8)15-11(14)9(6)5-13/h2-4H,5,13H2,1H3,(H2,14,15). The van der Waals surface area contributed by atoms with Gasteiger partial charge in [-0.3, -0.25) is 0 Å². The van der Waals surface area contributed by atoms with Crippen LogP contribution in [-0.4, -0.2) is 4.98 Å². The Morgan fingerprint density at radius 2 is 2.13 bits per heavy atom. The molecular formula is C11H12FN3. The molecule has 0 saturated carbocycles. The van der Waals surface area contributed by atoms with Crippen molar-refractivity contribution in [3.63, 3.8) is 0 Å². The second-order valence-corrected chi connectivity index (χ2v) is 3.47. The summed E-state index contributed by atoms with van der Waals surface area (Å²) in [7, 11) is 0. The second-order valence-electron chi connectivity index (χ2n) is 3.47. The summed E-state index contributed by atoms with van der Waals surface area (Å²) in [5.41, 5.74) is 13.7. The highest BCUT2D eigenvalue weighted by Crippen LogP contribution is 2.24. The van der Waals surface area contributed by atoms with Crippen LogP contribution in [0.5, 0.6) is 0 Å². The molecule has 1 aromatic carbocycles. The van der Waals surface area contributed by atoms with Crippen molar-refractivity contribution in [3.8, 4) is 0 Å². The molecule has 0 atom stereocenters. The molecule has 0 radical (unpaired) electrons. The van der Waals surface area contributed by atoms with Crippen LogP contribution in [0.3, 0.4) is 0 Å². The van der Waals surface area contributed by atoms with E-state index < -0.39 is 0 Å². The van der Waals surface area contributed by atoms with Gasteiger partial charge in [-0.1, -0.05) is 0 Å². The Balaban J connectivity index is 2.84. The molecule has 4 N–H and O–H groups in total. The molecule has 4 heteroatoms. The minimum atomic E-state index is -0.311. The van der Waals surface area contributed by atoms with Crippen molar-refractivity contribution in [3.05, 3.63) is 35.1 Å². The molecule has 0 bridgehead atoms. The van der Waals surface area contributed by atoms with Gasteiger partial charge in [-0.25, -0.2) is 9.37 Å². The lowest BCUT2D eigenvalue weighted by Gasteiger charge is -2.09. The molecule has 2 aromatic rings. The third-order valence-corrected chi connectivity index (χ3v) is 2.57. The van der Waals surface area contributed by atoms with Gasteiger partial charge in [0.15, 0.2) is 0 Å². The van der Waals surface area contributed by atoms with E-state index in [9.17, 15) is 4.39 Å². The molecule has 2 rings (SSSR count). The summed E-state index contributed by atoms with van der Waals surface area (Å²) in [5, 5.41) is 0.894. The summed E-state index contributed by atoms with van der Waals surface area (Å²) < 4.78 is 13.0. The van der Waals surface area contributed by atoms with Crippen LogP contribution in [0.2, 0.25) is 0 Å². The molecule has 0 saturated heterocycles. The van der Waals surface area contributed by atoms with Gasteiger partial charge in [-0.05, 0) is 24.6 Å². The second kappa shape index (κ2) is 3.47. The normalized spacial score (nSPS) is 10.9. The topological polar surface area (TPSA) is 64.9 Å². The highest BCUT2D eigenvalue weighted by Gasteiger charge is 2.08. The summed E-state index contributed by atoms with van der Waals surface area (Å²) in [4.78, 5) is 4.13. The molecule has 0 aliphatic rings. The number of hydrogen-bond donors (Lipinski definition) is 2. The highest BCUT2D eigenvalue weighted by molar-refractivity contribution is 5.85. The van der Waals surface area contributed by atoms with Crippen molar-refractivity contribution in [1.29, 1.82) is 0 Å². The first-order valence-corrected chi connectivity index (χ1v) is 4.67. The molecule has 1 aromatic heterocycles. The average molecular weight is 205 g/mol. The number of hydrogen-bond acceptors (Lipinski definition) is 3. The molecule has 1 heterocycles. The van der Waals surface area contributed by atoms with Crippen molar-refractivity contribution in [2.75, 3.05) is 5.73 Å². The minimum absolute atomic E-state index is 0.311. The van der Waals surface area contributed by atoms with E-state index in [-0.39, 0.29) is 5.82 Å². The SMILES string of the molecule is Cc1c(CN)c(N)nc2cc(F)ccc12. The summed E-state index contributed by atoms with van der Waals surface area (Å²) in [6, 6.07) is 4.48. The number of nitrogens with two attached hydrogens (primary N) is 2. The van der Waals surface area contributed by atoms with E-state index >= 15 is 0 Å². The average Bonchev–Trinajstić information content (AvgIpc) is 2.17. The first-order valence-electron chi connectivity index (χ1n) is 4.67. The van der Waals surface area contributed by atoms with E-state index in [1.54, 1.807) is 6.07 Å². The van der Waals surface area contributed by atoms with Gasteiger partial charge in [0.1, 0.15) is 11.6 Å². The number of nitrogen functional groups attached to an aromatic ring is 1. The first-order chi connectivity index (χ1) is 7.13. The van der Waals surface area contributed by atoms with Crippen molar-refractivity contribution >= 4 is 16.7 Å². The Morgan fingerprint density at radius 3 is 2.80 bits per heavy atom. The fraction of sp³-hybridized carbons (Fsp3) is 0.182. The Kier molecular flexibility index (Phi) is 2.28. The Hall–Kier alpha value is -1.68. The summed E-state index contributed by atoms with van der Waals surface area (Å²) in [6.45, 7) is 2.26. The zero-order valence-corrected chi connectivity index (χ0v) is 8.42. The maximum absolute atomic E-state index is 13.0. The van der Waals surface area contributed by atoms with Gasteiger partial charge in [0.25, 0.3) is 0 Å². The van der Waals surface area contributed by atoms with Crippen LogP contribution < -0.4 is 11.5 Å². The molecule has 3 nitrogen and oxygen atoms in total. The number of halogens is 1. The summed E-state index contributed by atoms with van der Waals surface area (Å²) in [5.74, 6) is 0.0717. The van der Waals surface area contributed by atoms with Gasteiger partial charge in [0.2, 0.25) is 0 Å². The van der Waals surface area contributed by atoms with Crippen LogP contribution in [0.15, 0.2) is 18.2 Å². The van der Waals surface area contributed by atoms with Gasteiger partial charge in [0, 0.05) is 23.6 Å². The lowest BCUT2D eigenvalue weighted by Crippen LogP contribution is -2.06. The number of aryl methyl sites for hydroxylation is 1. The molecule has 0 aliphatic heterocycles. The monoisotopic (exact) mass is 205 g/mol.